The van der Waals surface area contributed by atoms with E-state index in [-0.39, 0.29) is 5.97 Å². The lowest BCUT2D eigenvalue weighted by atomic mass is 10.2. The minimum Gasteiger partial charge on any atom is -0.462 e. The maximum atomic E-state index is 12.0. The summed E-state index contributed by atoms with van der Waals surface area (Å²) in [4.78, 5) is 17.1. The Balaban J connectivity index is 2.43. The predicted molar refractivity (Wildman–Crippen MR) is 77.0 cm³/mol. The summed E-state index contributed by atoms with van der Waals surface area (Å²) >= 11 is 7.29. The summed E-state index contributed by atoms with van der Waals surface area (Å²) in [5.74, 6) is 0.185. The van der Waals surface area contributed by atoms with E-state index in [2.05, 4.69) is 4.98 Å². The monoisotopic (exact) mass is 296 g/mol. The van der Waals surface area contributed by atoms with E-state index in [1.54, 1.807) is 36.0 Å². The second-order valence-corrected chi connectivity index (χ2v) is 5.53. The number of aromatic nitrogens is 2. The molecule has 0 aliphatic heterocycles. The number of rotatable bonds is 4. The zero-order valence-electron chi connectivity index (χ0n) is 10.6. The highest BCUT2D eigenvalue weighted by molar-refractivity contribution is 7.17. The number of nitrogens with zero attached hydrogens (tertiary/aromatic N) is 2. The average Bonchev–Trinajstić information content (AvgIpc) is 2.95. The van der Waals surface area contributed by atoms with E-state index in [0.29, 0.717) is 22.3 Å². The van der Waals surface area contributed by atoms with E-state index in [4.69, 9.17) is 16.3 Å². The molecular weight excluding hydrogens is 284 g/mol. The smallest absolute Gasteiger partial charge is 0.341 e. The Kier molecular flexibility index (Phi) is 4.39. The van der Waals surface area contributed by atoms with Crippen LogP contribution in [0.3, 0.4) is 0 Å². The van der Waals surface area contributed by atoms with Crippen LogP contribution in [0.2, 0.25) is 4.34 Å². The van der Waals surface area contributed by atoms with Crippen LogP contribution in [0.4, 0.5) is 0 Å². The molecular formula is C13H13ClN2O2S. The minimum absolute atomic E-state index is 0.325. The van der Waals surface area contributed by atoms with Gasteiger partial charge in [-0.2, -0.15) is 0 Å². The van der Waals surface area contributed by atoms with Gasteiger partial charge in [0.1, 0.15) is 11.4 Å². The van der Waals surface area contributed by atoms with E-state index in [1.807, 2.05) is 13.1 Å². The lowest BCUT2D eigenvalue weighted by Crippen LogP contribution is -2.10. The Morgan fingerprint density at radius 3 is 2.89 bits per heavy atom. The molecule has 0 amide bonds. The summed E-state index contributed by atoms with van der Waals surface area (Å²) in [7, 11) is 1.83. The molecule has 0 aliphatic rings. The van der Waals surface area contributed by atoms with Gasteiger partial charge < -0.3 is 9.30 Å². The van der Waals surface area contributed by atoms with Crippen molar-refractivity contribution >= 4 is 40.6 Å². The zero-order chi connectivity index (χ0) is 13.8. The predicted octanol–water partition coefficient (Wildman–Crippen LogP) is 3.24. The van der Waals surface area contributed by atoms with Gasteiger partial charge >= 0.3 is 5.97 Å². The molecule has 2 aromatic rings. The normalized spacial score (nSPS) is 11.6. The van der Waals surface area contributed by atoms with E-state index >= 15 is 0 Å². The first-order valence-electron chi connectivity index (χ1n) is 5.73. The summed E-state index contributed by atoms with van der Waals surface area (Å²) in [6.07, 6.45) is 5.17. The first-order valence-corrected chi connectivity index (χ1v) is 6.93. The molecule has 0 unspecified atom stereocenters. The Morgan fingerprint density at radius 1 is 1.58 bits per heavy atom. The number of halogens is 1. The van der Waals surface area contributed by atoms with Crippen molar-refractivity contribution in [2.75, 3.05) is 6.61 Å². The van der Waals surface area contributed by atoms with Crippen molar-refractivity contribution in [1.29, 1.82) is 0 Å². The second-order valence-electron chi connectivity index (χ2n) is 3.78. The van der Waals surface area contributed by atoms with E-state index < -0.39 is 0 Å². The van der Waals surface area contributed by atoms with Crippen molar-refractivity contribution in [3.05, 3.63) is 39.6 Å². The summed E-state index contributed by atoms with van der Waals surface area (Å²) < 4.78 is 7.52. The molecule has 2 aromatic heterocycles. The number of aryl methyl sites for hydroxylation is 1. The number of hydrogen-bond acceptors (Lipinski definition) is 4. The van der Waals surface area contributed by atoms with Crippen molar-refractivity contribution in [1.82, 2.24) is 9.55 Å². The number of imidazole rings is 1. The Bertz CT molecular complexity index is 616. The van der Waals surface area contributed by atoms with E-state index in [1.165, 1.54) is 11.3 Å². The largest absolute Gasteiger partial charge is 0.462 e. The Hall–Kier alpha value is -1.59. The highest BCUT2D eigenvalue weighted by Crippen LogP contribution is 2.26. The summed E-state index contributed by atoms with van der Waals surface area (Å²) in [6.45, 7) is 2.10. The standard InChI is InChI=1S/C13H13ClN2O2S/c1-3-18-13(17)10(12-15-6-7-16(12)2)8-9-4-5-11(14)19-9/h4-8H,3H2,1-2H3. The molecule has 0 fully saturated rings. The molecule has 19 heavy (non-hydrogen) atoms. The Labute approximate surface area is 120 Å². The molecule has 0 atom stereocenters. The molecule has 4 nitrogen and oxygen atoms in total. The summed E-state index contributed by atoms with van der Waals surface area (Å²) in [6, 6.07) is 3.65. The fourth-order valence-electron chi connectivity index (χ4n) is 1.60. The second kappa shape index (κ2) is 6.04. The number of hydrogen-bond donors (Lipinski definition) is 0. The topological polar surface area (TPSA) is 44.1 Å². The van der Waals surface area contributed by atoms with Gasteiger partial charge in [-0.3, -0.25) is 0 Å². The molecule has 0 radical (unpaired) electrons. The van der Waals surface area contributed by atoms with Gasteiger partial charge in [0, 0.05) is 24.3 Å². The number of thiophene rings is 1. The number of carbonyl (C=O) groups is 1. The highest BCUT2D eigenvalue weighted by atomic mass is 35.5. The maximum absolute atomic E-state index is 12.0. The molecule has 2 rings (SSSR count). The lowest BCUT2D eigenvalue weighted by molar-refractivity contribution is -0.136. The van der Waals surface area contributed by atoms with Crippen molar-refractivity contribution < 1.29 is 9.53 Å². The van der Waals surface area contributed by atoms with Crippen molar-refractivity contribution in [3.8, 4) is 0 Å². The van der Waals surface area contributed by atoms with Gasteiger partial charge in [0.2, 0.25) is 0 Å². The third-order valence-corrected chi connectivity index (χ3v) is 3.62. The zero-order valence-corrected chi connectivity index (χ0v) is 12.2. The fourth-order valence-corrected chi connectivity index (χ4v) is 2.60. The number of ether oxygens (including phenoxy) is 1. The van der Waals surface area contributed by atoms with Crippen LogP contribution >= 0.6 is 22.9 Å². The first kappa shape index (κ1) is 13.8. The van der Waals surface area contributed by atoms with Gasteiger partial charge in [0.15, 0.2) is 0 Å². The molecule has 6 heteroatoms. The van der Waals surface area contributed by atoms with Crippen LogP contribution in [0.15, 0.2) is 24.5 Å². The summed E-state index contributed by atoms with van der Waals surface area (Å²) in [5.41, 5.74) is 0.424. The fraction of sp³-hybridized carbons (Fsp3) is 0.231. The van der Waals surface area contributed by atoms with Gasteiger partial charge in [-0.1, -0.05) is 11.6 Å². The van der Waals surface area contributed by atoms with Crippen molar-refractivity contribution in [3.63, 3.8) is 0 Å². The van der Waals surface area contributed by atoms with Crippen molar-refractivity contribution in [2.45, 2.75) is 6.92 Å². The van der Waals surface area contributed by atoms with Gasteiger partial charge in [-0.05, 0) is 25.1 Å². The molecule has 0 saturated carbocycles. The quantitative estimate of drug-likeness (QED) is 0.642. The van der Waals surface area contributed by atoms with Crippen LogP contribution in [-0.2, 0) is 16.6 Å². The first-order chi connectivity index (χ1) is 9.11. The van der Waals surface area contributed by atoms with E-state index in [9.17, 15) is 4.79 Å². The average molecular weight is 297 g/mol. The van der Waals surface area contributed by atoms with Crippen LogP contribution in [-0.4, -0.2) is 22.1 Å². The molecule has 0 saturated heterocycles. The third kappa shape index (κ3) is 3.24. The number of carbonyl (C=O) groups excluding carboxylic acids is 1. The van der Waals surface area contributed by atoms with Crippen LogP contribution in [0, 0.1) is 0 Å². The van der Waals surface area contributed by atoms with Gasteiger partial charge in [-0.15, -0.1) is 11.3 Å². The van der Waals surface area contributed by atoms with Crippen molar-refractivity contribution in [2.24, 2.45) is 7.05 Å². The minimum atomic E-state index is -0.388. The molecule has 0 bridgehead atoms. The Morgan fingerprint density at radius 2 is 2.37 bits per heavy atom. The van der Waals surface area contributed by atoms with Gasteiger partial charge in [0.25, 0.3) is 0 Å². The van der Waals surface area contributed by atoms with Gasteiger partial charge in [0.05, 0.1) is 10.9 Å². The highest BCUT2D eigenvalue weighted by Gasteiger charge is 2.17. The molecule has 100 valence electrons. The van der Waals surface area contributed by atoms with Crippen LogP contribution in [0.25, 0.3) is 11.6 Å². The van der Waals surface area contributed by atoms with Crippen LogP contribution in [0.5, 0.6) is 0 Å². The van der Waals surface area contributed by atoms with Crippen LogP contribution in [0.1, 0.15) is 17.6 Å². The van der Waals surface area contributed by atoms with Gasteiger partial charge in [-0.25, -0.2) is 9.78 Å². The molecule has 0 spiro atoms. The van der Waals surface area contributed by atoms with Crippen LogP contribution < -0.4 is 0 Å². The molecule has 2 heterocycles. The van der Waals surface area contributed by atoms with E-state index in [0.717, 1.165) is 4.88 Å². The summed E-state index contributed by atoms with van der Waals surface area (Å²) in [5, 5.41) is 0. The molecule has 0 N–H and O–H groups in total. The SMILES string of the molecule is CCOC(=O)C(=Cc1ccc(Cl)s1)c1nccn1C. The number of esters is 1. The third-order valence-electron chi connectivity index (χ3n) is 2.44. The maximum Gasteiger partial charge on any atom is 0.341 e. The molecule has 0 aromatic carbocycles. The lowest BCUT2D eigenvalue weighted by Gasteiger charge is -2.06. The molecule has 0 aliphatic carbocycles.